The van der Waals surface area contributed by atoms with Crippen LogP contribution in [0.15, 0.2) is 18.2 Å². The maximum Gasteiger partial charge on any atom is 0.317 e. The first-order valence-electron chi connectivity index (χ1n) is 9.52. The van der Waals surface area contributed by atoms with Gasteiger partial charge in [0, 0.05) is 37.8 Å². The molecule has 6 nitrogen and oxygen atoms in total. The predicted octanol–water partition coefficient (Wildman–Crippen LogP) is 2.77. The van der Waals surface area contributed by atoms with E-state index in [0.29, 0.717) is 37.4 Å². The van der Waals surface area contributed by atoms with E-state index in [-0.39, 0.29) is 30.3 Å². The highest BCUT2D eigenvalue weighted by Gasteiger charge is 2.49. The largest absolute Gasteiger partial charge is 0.497 e. The molecule has 2 aliphatic heterocycles. The molecule has 0 bridgehead atoms. The summed E-state index contributed by atoms with van der Waals surface area (Å²) in [5.74, 6) is 0.256. The van der Waals surface area contributed by atoms with E-state index in [1.807, 2.05) is 13.8 Å². The van der Waals surface area contributed by atoms with Crippen molar-refractivity contribution in [2.75, 3.05) is 26.7 Å². The third-order valence-corrected chi connectivity index (χ3v) is 5.49. The standard InChI is InChI=1S/C20H28FN3O3/c1-14(2)22-19(26)24-10-8-20(13-24)7-4-9-23(18(20)25)12-15-11-16(27-3)5-6-17(15)21/h5-6,11,14H,4,7-10,12-13H2,1-3H3,(H,22,26)/t20-/m0/s1. The maximum atomic E-state index is 14.2. The van der Waals surface area contributed by atoms with Crippen LogP contribution in [0.2, 0.25) is 0 Å². The summed E-state index contributed by atoms with van der Waals surface area (Å²) < 4.78 is 19.4. The average Bonchev–Trinajstić information content (AvgIpc) is 3.05. The maximum absolute atomic E-state index is 14.2. The molecule has 0 aliphatic carbocycles. The Morgan fingerprint density at radius 3 is 2.81 bits per heavy atom. The Bertz CT molecular complexity index is 724. The topological polar surface area (TPSA) is 61.9 Å². The lowest BCUT2D eigenvalue weighted by Gasteiger charge is -2.39. The molecule has 0 unspecified atom stereocenters. The van der Waals surface area contributed by atoms with Gasteiger partial charge in [-0.3, -0.25) is 4.79 Å². The molecule has 2 fully saturated rings. The van der Waals surface area contributed by atoms with Gasteiger partial charge in [-0.15, -0.1) is 0 Å². The van der Waals surface area contributed by atoms with Crippen LogP contribution in [0.25, 0.3) is 0 Å². The van der Waals surface area contributed by atoms with Crippen LogP contribution in [0, 0.1) is 11.2 Å². The fourth-order valence-electron chi connectivity index (χ4n) is 4.07. The minimum atomic E-state index is -0.540. The van der Waals surface area contributed by atoms with Gasteiger partial charge in [-0.05, 0) is 51.3 Å². The minimum absolute atomic E-state index is 0.0239. The van der Waals surface area contributed by atoms with E-state index in [2.05, 4.69) is 5.32 Å². The number of halogens is 1. The van der Waals surface area contributed by atoms with Gasteiger partial charge in [0.1, 0.15) is 11.6 Å². The smallest absolute Gasteiger partial charge is 0.317 e. The van der Waals surface area contributed by atoms with Crippen LogP contribution >= 0.6 is 0 Å². The van der Waals surface area contributed by atoms with Crippen molar-refractivity contribution in [1.82, 2.24) is 15.1 Å². The van der Waals surface area contributed by atoms with Crippen molar-refractivity contribution in [1.29, 1.82) is 0 Å². The minimum Gasteiger partial charge on any atom is -0.497 e. The van der Waals surface area contributed by atoms with Crippen molar-refractivity contribution >= 4 is 11.9 Å². The van der Waals surface area contributed by atoms with Crippen LogP contribution in [0.5, 0.6) is 5.75 Å². The number of urea groups is 1. The predicted molar refractivity (Wildman–Crippen MR) is 99.9 cm³/mol. The summed E-state index contributed by atoms with van der Waals surface area (Å²) >= 11 is 0. The second-order valence-corrected chi connectivity index (χ2v) is 7.84. The van der Waals surface area contributed by atoms with Crippen molar-refractivity contribution in [3.8, 4) is 5.75 Å². The van der Waals surface area contributed by atoms with Crippen molar-refractivity contribution < 1.29 is 18.7 Å². The Balaban J connectivity index is 1.72. The lowest BCUT2D eigenvalue weighted by Crippen LogP contribution is -2.51. The lowest BCUT2D eigenvalue weighted by atomic mass is 9.78. The highest BCUT2D eigenvalue weighted by atomic mass is 19.1. The number of carbonyl (C=O) groups is 2. The van der Waals surface area contributed by atoms with Crippen LogP contribution in [0.1, 0.15) is 38.7 Å². The molecular weight excluding hydrogens is 349 g/mol. The second kappa shape index (κ2) is 7.74. The van der Waals surface area contributed by atoms with Crippen molar-refractivity contribution in [3.05, 3.63) is 29.6 Å². The molecule has 1 spiro atoms. The number of ether oxygens (including phenoxy) is 1. The normalized spacial score (nSPS) is 22.6. The zero-order valence-corrected chi connectivity index (χ0v) is 16.3. The second-order valence-electron chi connectivity index (χ2n) is 7.84. The first-order valence-corrected chi connectivity index (χ1v) is 9.52. The number of nitrogens with one attached hydrogen (secondary N) is 1. The zero-order valence-electron chi connectivity index (χ0n) is 16.3. The number of hydrogen-bond donors (Lipinski definition) is 1. The molecule has 0 saturated carbocycles. The highest BCUT2D eigenvalue weighted by molar-refractivity contribution is 5.86. The molecule has 148 valence electrons. The van der Waals surface area contributed by atoms with Crippen molar-refractivity contribution in [2.45, 2.75) is 45.7 Å². The SMILES string of the molecule is COc1ccc(F)c(CN2CCC[C@@]3(CCN(C(=O)NC(C)C)C3)C2=O)c1. The van der Waals surface area contributed by atoms with Gasteiger partial charge in [0.25, 0.3) is 0 Å². The molecule has 27 heavy (non-hydrogen) atoms. The average molecular weight is 377 g/mol. The van der Waals surface area contributed by atoms with Crippen LogP contribution < -0.4 is 10.1 Å². The Kier molecular flexibility index (Phi) is 5.58. The molecule has 7 heteroatoms. The fraction of sp³-hybridized carbons (Fsp3) is 0.600. The molecule has 2 aliphatic rings. The summed E-state index contributed by atoms with van der Waals surface area (Å²) in [6, 6.07) is 4.52. The van der Waals surface area contributed by atoms with E-state index in [1.54, 1.807) is 21.9 Å². The molecule has 1 N–H and O–H groups in total. The summed E-state index contributed by atoms with van der Waals surface area (Å²) in [5.41, 5.74) is -0.0887. The summed E-state index contributed by atoms with van der Waals surface area (Å²) in [5, 5.41) is 2.89. The summed E-state index contributed by atoms with van der Waals surface area (Å²) in [6.07, 6.45) is 2.29. The van der Waals surface area contributed by atoms with Gasteiger partial charge in [-0.25, -0.2) is 9.18 Å². The monoisotopic (exact) mass is 377 g/mol. The number of likely N-dealkylation sites (tertiary alicyclic amines) is 2. The number of benzene rings is 1. The number of hydrogen-bond acceptors (Lipinski definition) is 3. The van der Waals surface area contributed by atoms with Crippen molar-refractivity contribution in [3.63, 3.8) is 0 Å². The van der Waals surface area contributed by atoms with Crippen LogP contribution in [-0.4, -0.2) is 54.5 Å². The fourth-order valence-corrected chi connectivity index (χ4v) is 4.07. The van der Waals surface area contributed by atoms with E-state index in [9.17, 15) is 14.0 Å². The van der Waals surface area contributed by atoms with Gasteiger partial charge in [0.05, 0.1) is 12.5 Å². The number of amides is 3. The summed E-state index contributed by atoms with van der Waals surface area (Å²) in [7, 11) is 1.54. The van der Waals surface area contributed by atoms with E-state index < -0.39 is 5.41 Å². The van der Waals surface area contributed by atoms with Crippen molar-refractivity contribution in [2.24, 2.45) is 5.41 Å². The van der Waals surface area contributed by atoms with Gasteiger partial charge in [-0.2, -0.15) is 0 Å². The Morgan fingerprint density at radius 1 is 1.33 bits per heavy atom. The number of rotatable bonds is 4. The van der Waals surface area contributed by atoms with Crippen LogP contribution in [0.4, 0.5) is 9.18 Å². The number of methoxy groups -OCH3 is 1. The van der Waals surface area contributed by atoms with Gasteiger partial charge in [0.2, 0.25) is 5.91 Å². The van der Waals surface area contributed by atoms with E-state index in [4.69, 9.17) is 4.74 Å². The molecule has 1 atom stereocenters. The lowest BCUT2D eigenvalue weighted by molar-refractivity contribution is -0.146. The molecule has 2 saturated heterocycles. The number of piperidine rings is 1. The van der Waals surface area contributed by atoms with Crippen LogP contribution in [-0.2, 0) is 11.3 Å². The first kappa shape index (κ1) is 19.5. The molecule has 1 aromatic carbocycles. The summed E-state index contributed by atoms with van der Waals surface area (Å²) in [6.45, 7) is 5.67. The number of nitrogens with zero attached hydrogens (tertiary/aromatic N) is 2. The molecule has 0 radical (unpaired) electrons. The third kappa shape index (κ3) is 4.01. The summed E-state index contributed by atoms with van der Waals surface area (Å²) in [4.78, 5) is 29.0. The molecule has 3 rings (SSSR count). The number of carbonyl (C=O) groups excluding carboxylic acids is 2. The quantitative estimate of drug-likeness (QED) is 0.878. The molecule has 1 aromatic rings. The van der Waals surface area contributed by atoms with Gasteiger partial charge >= 0.3 is 6.03 Å². The Labute approximate surface area is 159 Å². The molecule has 3 amide bonds. The Morgan fingerprint density at radius 2 is 2.11 bits per heavy atom. The zero-order chi connectivity index (χ0) is 19.6. The molecule has 0 aromatic heterocycles. The van der Waals surface area contributed by atoms with Gasteiger partial charge in [-0.1, -0.05) is 0 Å². The molecular formula is C20H28FN3O3. The third-order valence-electron chi connectivity index (χ3n) is 5.49. The first-order chi connectivity index (χ1) is 12.8. The van der Waals surface area contributed by atoms with E-state index in [1.165, 1.54) is 13.2 Å². The highest BCUT2D eigenvalue weighted by Crippen LogP contribution is 2.40. The van der Waals surface area contributed by atoms with Gasteiger partial charge < -0.3 is 19.9 Å². The van der Waals surface area contributed by atoms with E-state index in [0.717, 1.165) is 12.8 Å². The molecule has 2 heterocycles. The van der Waals surface area contributed by atoms with Crippen LogP contribution in [0.3, 0.4) is 0 Å². The van der Waals surface area contributed by atoms with Gasteiger partial charge in [0.15, 0.2) is 0 Å². The Hall–Kier alpha value is -2.31. The van der Waals surface area contributed by atoms with E-state index >= 15 is 0 Å².